The van der Waals surface area contributed by atoms with E-state index in [1.165, 1.54) is 23.5 Å². The number of piperidine rings is 1. The Kier molecular flexibility index (Phi) is 4.46. The van der Waals surface area contributed by atoms with Crippen LogP contribution in [-0.4, -0.2) is 45.4 Å². The predicted molar refractivity (Wildman–Crippen MR) is 95.2 cm³/mol. The molecular weight excluding hydrogens is 341 g/mol. The second kappa shape index (κ2) is 6.89. The van der Waals surface area contributed by atoms with E-state index in [4.69, 9.17) is 0 Å². The van der Waals surface area contributed by atoms with Crippen LogP contribution in [0.2, 0.25) is 0 Å². The zero-order valence-electron chi connectivity index (χ0n) is 13.5. The van der Waals surface area contributed by atoms with Gasteiger partial charge in [-0.25, -0.2) is 14.4 Å². The monoisotopic (exact) mass is 359 g/mol. The van der Waals surface area contributed by atoms with Gasteiger partial charge in [-0.15, -0.1) is 0 Å². The van der Waals surface area contributed by atoms with E-state index in [1.807, 2.05) is 6.20 Å². The van der Waals surface area contributed by atoms with Gasteiger partial charge in [0.25, 0.3) is 0 Å². The molecule has 25 heavy (non-hydrogen) atoms. The highest BCUT2D eigenvalue weighted by Gasteiger charge is 2.24. The molecule has 1 aliphatic rings. The van der Waals surface area contributed by atoms with E-state index in [1.54, 1.807) is 12.3 Å². The summed E-state index contributed by atoms with van der Waals surface area (Å²) in [6.07, 6.45) is 5.71. The molecule has 0 spiro atoms. The van der Waals surface area contributed by atoms with Crippen LogP contribution in [0.5, 0.6) is 0 Å². The zero-order valence-corrected chi connectivity index (χ0v) is 14.4. The van der Waals surface area contributed by atoms with Gasteiger partial charge >= 0.3 is 0 Å². The fraction of sp³-hybridized carbons (Fsp3) is 0.353. The van der Waals surface area contributed by atoms with Crippen molar-refractivity contribution in [3.8, 4) is 0 Å². The lowest BCUT2D eigenvalue weighted by Gasteiger charge is -2.31. The van der Waals surface area contributed by atoms with E-state index in [0.717, 1.165) is 36.5 Å². The normalized spacial score (nSPS) is 18.5. The average molecular weight is 359 g/mol. The number of aromatic amines is 1. The van der Waals surface area contributed by atoms with E-state index in [-0.39, 0.29) is 11.7 Å². The smallest absolute Gasteiger partial charge is 0.240 e. The first kappa shape index (κ1) is 16.2. The average Bonchev–Trinajstić information content (AvgIpc) is 3.23. The molecule has 4 rings (SSSR count). The Morgan fingerprint density at radius 2 is 2.40 bits per heavy atom. The molecule has 0 bridgehead atoms. The van der Waals surface area contributed by atoms with E-state index in [0.29, 0.717) is 23.1 Å². The summed E-state index contributed by atoms with van der Waals surface area (Å²) >= 11 is 1.28. The summed E-state index contributed by atoms with van der Waals surface area (Å²) < 4.78 is 14.0. The molecule has 1 saturated heterocycles. The summed E-state index contributed by atoms with van der Waals surface area (Å²) in [4.78, 5) is 26.3. The Bertz CT molecular complexity index is 878. The highest BCUT2D eigenvalue weighted by atomic mass is 32.1. The van der Waals surface area contributed by atoms with E-state index in [2.05, 4.69) is 25.2 Å². The predicted octanol–water partition coefficient (Wildman–Crippen LogP) is 2.98. The maximum Gasteiger partial charge on any atom is 0.240 e. The van der Waals surface area contributed by atoms with Crippen molar-refractivity contribution < 1.29 is 9.18 Å². The number of aromatic nitrogens is 3. The van der Waals surface area contributed by atoms with Crippen LogP contribution in [0.4, 0.5) is 9.52 Å². The van der Waals surface area contributed by atoms with Gasteiger partial charge in [-0.1, -0.05) is 11.3 Å². The number of imidazole rings is 1. The SMILES string of the molecule is O=C(CN1CCCC(c2ncc[nH]2)C1)Nc1nc2ccc(F)cc2s1. The van der Waals surface area contributed by atoms with Crippen LogP contribution >= 0.6 is 11.3 Å². The number of carbonyl (C=O) groups excluding carboxylic acids is 1. The molecule has 1 aromatic carbocycles. The minimum absolute atomic E-state index is 0.0976. The van der Waals surface area contributed by atoms with Crippen molar-refractivity contribution in [3.63, 3.8) is 0 Å². The van der Waals surface area contributed by atoms with Crippen molar-refractivity contribution >= 4 is 32.6 Å². The molecule has 0 aliphatic carbocycles. The summed E-state index contributed by atoms with van der Waals surface area (Å²) in [6, 6.07) is 4.42. The summed E-state index contributed by atoms with van der Waals surface area (Å²) in [6.45, 7) is 2.03. The molecule has 130 valence electrons. The number of thiazole rings is 1. The third-order valence-corrected chi connectivity index (χ3v) is 5.31. The number of carbonyl (C=O) groups is 1. The molecule has 0 radical (unpaired) electrons. The molecule has 2 aromatic heterocycles. The summed E-state index contributed by atoms with van der Waals surface area (Å²) in [7, 11) is 0. The molecule has 1 fully saturated rings. The first-order valence-corrected chi connectivity index (χ1v) is 9.06. The fourth-order valence-corrected chi connectivity index (χ4v) is 4.14. The number of anilines is 1. The number of nitrogens with one attached hydrogen (secondary N) is 2. The Morgan fingerprint density at radius 1 is 1.48 bits per heavy atom. The Hall–Kier alpha value is -2.32. The third-order valence-electron chi connectivity index (χ3n) is 4.38. The third kappa shape index (κ3) is 3.69. The maximum absolute atomic E-state index is 13.2. The first-order valence-electron chi connectivity index (χ1n) is 8.25. The number of hydrogen-bond acceptors (Lipinski definition) is 5. The van der Waals surface area contributed by atoms with Crippen molar-refractivity contribution in [2.75, 3.05) is 25.0 Å². The van der Waals surface area contributed by atoms with Gasteiger partial charge in [0.15, 0.2) is 5.13 Å². The van der Waals surface area contributed by atoms with Crippen LogP contribution in [-0.2, 0) is 4.79 Å². The van der Waals surface area contributed by atoms with Crippen LogP contribution in [0.25, 0.3) is 10.2 Å². The molecule has 1 atom stereocenters. The van der Waals surface area contributed by atoms with Crippen LogP contribution < -0.4 is 5.32 Å². The lowest BCUT2D eigenvalue weighted by atomic mass is 9.97. The lowest BCUT2D eigenvalue weighted by molar-refractivity contribution is -0.117. The molecule has 1 amide bonds. The molecule has 3 heterocycles. The molecular formula is C17H18FN5OS. The lowest BCUT2D eigenvalue weighted by Crippen LogP contribution is -2.40. The van der Waals surface area contributed by atoms with Crippen LogP contribution in [0.1, 0.15) is 24.6 Å². The standard InChI is InChI=1S/C17H18FN5OS/c18-12-3-4-13-14(8-12)25-17(21-13)22-15(24)10-23-7-1-2-11(9-23)16-19-5-6-20-16/h3-6,8,11H,1-2,7,9-10H2,(H,19,20)(H,21,22,24). The maximum atomic E-state index is 13.2. The van der Waals surface area contributed by atoms with Gasteiger partial charge in [-0.05, 0) is 37.6 Å². The Morgan fingerprint density at radius 3 is 3.24 bits per heavy atom. The molecule has 1 unspecified atom stereocenters. The van der Waals surface area contributed by atoms with Crippen molar-refractivity contribution in [2.45, 2.75) is 18.8 Å². The minimum Gasteiger partial charge on any atom is -0.348 e. The molecule has 1 aliphatic heterocycles. The topological polar surface area (TPSA) is 73.9 Å². The van der Waals surface area contributed by atoms with E-state index in [9.17, 15) is 9.18 Å². The molecule has 0 saturated carbocycles. The quantitative estimate of drug-likeness (QED) is 0.751. The van der Waals surface area contributed by atoms with Gasteiger partial charge in [0, 0.05) is 24.9 Å². The highest BCUT2D eigenvalue weighted by molar-refractivity contribution is 7.22. The number of halogens is 1. The largest absolute Gasteiger partial charge is 0.348 e. The number of fused-ring (bicyclic) bond motifs is 1. The minimum atomic E-state index is -0.300. The zero-order chi connectivity index (χ0) is 17.2. The molecule has 6 nitrogen and oxygen atoms in total. The second-order valence-electron chi connectivity index (χ2n) is 6.23. The van der Waals surface area contributed by atoms with Crippen molar-refractivity contribution in [1.29, 1.82) is 0 Å². The van der Waals surface area contributed by atoms with Gasteiger partial charge in [0.05, 0.1) is 16.8 Å². The van der Waals surface area contributed by atoms with Crippen molar-refractivity contribution in [1.82, 2.24) is 19.9 Å². The summed E-state index contributed by atoms with van der Waals surface area (Å²) in [5, 5.41) is 3.33. The van der Waals surface area contributed by atoms with Crippen LogP contribution in [0.3, 0.4) is 0 Å². The van der Waals surface area contributed by atoms with Gasteiger partial charge in [0.1, 0.15) is 11.6 Å². The number of likely N-dealkylation sites (tertiary alicyclic amines) is 1. The van der Waals surface area contributed by atoms with Crippen molar-refractivity contribution in [3.05, 3.63) is 42.2 Å². The van der Waals surface area contributed by atoms with Crippen LogP contribution in [0.15, 0.2) is 30.6 Å². The summed E-state index contributed by atoms with van der Waals surface area (Å²) in [5.74, 6) is 0.922. The first-order chi connectivity index (χ1) is 12.2. The molecule has 2 N–H and O–H groups in total. The van der Waals surface area contributed by atoms with Gasteiger partial charge in [0.2, 0.25) is 5.91 Å². The van der Waals surface area contributed by atoms with Crippen LogP contribution in [0, 0.1) is 5.82 Å². The molecule has 8 heteroatoms. The van der Waals surface area contributed by atoms with E-state index < -0.39 is 0 Å². The highest BCUT2D eigenvalue weighted by Crippen LogP contribution is 2.27. The molecule has 3 aromatic rings. The van der Waals surface area contributed by atoms with Gasteiger partial charge < -0.3 is 10.3 Å². The number of amides is 1. The number of benzene rings is 1. The fourth-order valence-electron chi connectivity index (χ4n) is 3.24. The Balaban J connectivity index is 1.37. The number of H-pyrrole nitrogens is 1. The number of nitrogens with zero attached hydrogens (tertiary/aromatic N) is 3. The number of rotatable bonds is 4. The van der Waals surface area contributed by atoms with Gasteiger partial charge in [-0.3, -0.25) is 9.69 Å². The van der Waals surface area contributed by atoms with Crippen molar-refractivity contribution in [2.24, 2.45) is 0 Å². The number of hydrogen-bond donors (Lipinski definition) is 2. The second-order valence-corrected chi connectivity index (χ2v) is 7.26. The summed E-state index contributed by atoms with van der Waals surface area (Å²) in [5.41, 5.74) is 0.692. The van der Waals surface area contributed by atoms with Gasteiger partial charge in [-0.2, -0.15) is 0 Å². The van der Waals surface area contributed by atoms with E-state index >= 15 is 0 Å². The Labute approximate surface area is 148 Å².